The maximum Gasteiger partial charge on any atom is 0.318 e. The number of ether oxygens (including phenoxy) is 2. The van der Waals surface area contributed by atoms with Crippen molar-refractivity contribution in [2.75, 3.05) is 13.3 Å². The van der Waals surface area contributed by atoms with Gasteiger partial charge in [-0.05, 0) is 31.5 Å². The number of carbonyl (C=O) groups is 1. The summed E-state index contributed by atoms with van der Waals surface area (Å²) >= 11 is 0. The Morgan fingerprint density at radius 1 is 1.42 bits per heavy atom. The summed E-state index contributed by atoms with van der Waals surface area (Å²) in [6.45, 7) is 5.15. The maximum atomic E-state index is 12.5. The number of nitrogens with one attached hydrogen (secondary N) is 1. The third-order valence-corrected chi connectivity index (χ3v) is 3.95. The number of benzene rings is 1. The lowest BCUT2D eigenvalue weighted by atomic mass is 10.2. The highest BCUT2D eigenvalue weighted by molar-refractivity contribution is 5.74. The van der Waals surface area contributed by atoms with Crippen molar-refractivity contribution in [3.8, 4) is 11.5 Å². The van der Waals surface area contributed by atoms with Crippen LogP contribution in [0, 0.1) is 0 Å². The van der Waals surface area contributed by atoms with E-state index in [0.29, 0.717) is 18.9 Å². The lowest BCUT2D eigenvalue weighted by molar-refractivity contribution is 0.173. The van der Waals surface area contributed by atoms with Crippen molar-refractivity contribution < 1.29 is 14.3 Å². The predicted molar refractivity (Wildman–Crippen MR) is 86.6 cm³/mol. The van der Waals surface area contributed by atoms with Gasteiger partial charge in [0.15, 0.2) is 17.3 Å². The number of nitrogens with zero attached hydrogens (tertiary/aromatic N) is 4. The number of hydrogen-bond acceptors (Lipinski definition) is 5. The topological polar surface area (TPSA) is 81.5 Å². The van der Waals surface area contributed by atoms with Crippen molar-refractivity contribution in [2.24, 2.45) is 7.05 Å². The van der Waals surface area contributed by atoms with Crippen LogP contribution in [0.5, 0.6) is 11.5 Å². The summed E-state index contributed by atoms with van der Waals surface area (Å²) in [5, 5.41) is 10.8. The van der Waals surface area contributed by atoms with Gasteiger partial charge in [-0.1, -0.05) is 6.07 Å². The molecule has 1 aromatic heterocycles. The SMILES string of the molecule is CCN(Cc1ccc2c(c1)OCO2)C(=O)N[C@H](C)c1nncn1C. The Kier molecular flexibility index (Phi) is 4.54. The predicted octanol–water partition coefficient (Wildman–Crippen LogP) is 1.84. The van der Waals surface area contributed by atoms with E-state index >= 15 is 0 Å². The van der Waals surface area contributed by atoms with Gasteiger partial charge in [0.1, 0.15) is 6.33 Å². The van der Waals surface area contributed by atoms with Gasteiger partial charge in [0, 0.05) is 20.1 Å². The second kappa shape index (κ2) is 6.77. The van der Waals surface area contributed by atoms with E-state index in [4.69, 9.17) is 9.47 Å². The molecule has 1 aliphatic rings. The summed E-state index contributed by atoms with van der Waals surface area (Å²) in [5.74, 6) is 2.17. The molecule has 0 aliphatic carbocycles. The molecule has 0 unspecified atom stereocenters. The molecule has 8 nitrogen and oxygen atoms in total. The van der Waals surface area contributed by atoms with Crippen molar-refractivity contribution in [3.63, 3.8) is 0 Å². The van der Waals surface area contributed by atoms with Crippen LogP contribution < -0.4 is 14.8 Å². The van der Waals surface area contributed by atoms with Gasteiger partial charge in [-0.3, -0.25) is 0 Å². The quantitative estimate of drug-likeness (QED) is 0.904. The molecule has 0 saturated heterocycles. The molecule has 24 heavy (non-hydrogen) atoms. The Hall–Kier alpha value is -2.77. The molecule has 0 spiro atoms. The van der Waals surface area contributed by atoms with E-state index in [2.05, 4.69) is 15.5 Å². The zero-order chi connectivity index (χ0) is 17.1. The van der Waals surface area contributed by atoms with E-state index in [-0.39, 0.29) is 18.9 Å². The summed E-state index contributed by atoms with van der Waals surface area (Å²) in [6.07, 6.45) is 1.61. The number of aromatic nitrogens is 3. The summed E-state index contributed by atoms with van der Waals surface area (Å²) in [6, 6.07) is 5.34. The molecule has 3 rings (SSSR count). The Bertz CT molecular complexity index is 730. The van der Waals surface area contributed by atoms with Crippen LogP contribution in [0.4, 0.5) is 4.79 Å². The number of amides is 2. The van der Waals surface area contributed by atoms with Crippen molar-refractivity contribution >= 4 is 6.03 Å². The van der Waals surface area contributed by atoms with Crippen LogP contribution in [0.1, 0.15) is 31.3 Å². The molecular weight excluding hydrogens is 310 g/mol. The first-order valence-electron chi connectivity index (χ1n) is 7.86. The fourth-order valence-electron chi connectivity index (χ4n) is 2.61. The van der Waals surface area contributed by atoms with Crippen LogP contribution in [0.3, 0.4) is 0 Å². The molecule has 0 radical (unpaired) electrons. The van der Waals surface area contributed by atoms with Gasteiger partial charge in [-0.15, -0.1) is 10.2 Å². The van der Waals surface area contributed by atoms with Gasteiger partial charge in [-0.2, -0.15) is 0 Å². The zero-order valence-electron chi connectivity index (χ0n) is 14.0. The monoisotopic (exact) mass is 331 g/mol. The van der Waals surface area contributed by atoms with E-state index in [0.717, 1.165) is 17.1 Å². The smallest absolute Gasteiger partial charge is 0.318 e. The highest BCUT2D eigenvalue weighted by Crippen LogP contribution is 2.32. The summed E-state index contributed by atoms with van der Waals surface area (Å²) in [7, 11) is 1.85. The van der Waals surface area contributed by atoms with Crippen LogP contribution in [0.15, 0.2) is 24.5 Å². The Morgan fingerprint density at radius 2 is 2.21 bits per heavy atom. The van der Waals surface area contributed by atoms with Crippen LogP contribution >= 0.6 is 0 Å². The Balaban J connectivity index is 1.65. The van der Waals surface area contributed by atoms with Gasteiger partial charge >= 0.3 is 6.03 Å². The summed E-state index contributed by atoms with van der Waals surface area (Å²) in [4.78, 5) is 14.3. The number of hydrogen-bond donors (Lipinski definition) is 1. The average Bonchev–Trinajstić information content (AvgIpc) is 3.20. The van der Waals surface area contributed by atoms with Crippen LogP contribution in [0.25, 0.3) is 0 Å². The number of aryl methyl sites for hydroxylation is 1. The maximum absolute atomic E-state index is 12.5. The number of rotatable bonds is 5. The number of carbonyl (C=O) groups excluding carboxylic acids is 1. The van der Waals surface area contributed by atoms with E-state index in [1.54, 1.807) is 15.8 Å². The fraction of sp³-hybridized carbons (Fsp3) is 0.438. The van der Waals surface area contributed by atoms with Gasteiger partial charge in [-0.25, -0.2) is 4.79 Å². The van der Waals surface area contributed by atoms with Gasteiger partial charge in [0.2, 0.25) is 6.79 Å². The Labute approximate surface area is 140 Å². The fourth-order valence-corrected chi connectivity index (χ4v) is 2.61. The highest BCUT2D eigenvalue weighted by Gasteiger charge is 2.20. The molecule has 2 heterocycles. The second-order valence-electron chi connectivity index (χ2n) is 5.67. The molecule has 2 aromatic rings. The molecule has 8 heteroatoms. The first kappa shape index (κ1) is 16.1. The molecule has 0 bridgehead atoms. The minimum absolute atomic E-state index is 0.148. The highest BCUT2D eigenvalue weighted by atomic mass is 16.7. The van der Waals surface area contributed by atoms with Crippen molar-refractivity contribution in [3.05, 3.63) is 35.9 Å². The summed E-state index contributed by atoms with van der Waals surface area (Å²) in [5.41, 5.74) is 0.988. The van der Waals surface area contributed by atoms with E-state index in [1.807, 2.05) is 39.1 Å². The van der Waals surface area contributed by atoms with Gasteiger partial charge in [0.05, 0.1) is 6.04 Å². The van der Waals surface area contributed by atoms with E-state index in [1.165, 1.54) is 0 Å². The van der Waals surface area contributed by atoms with Crippen molar-refractivity contribution in [1.82, 2.24) is 25.0 Å². The normalized spacial score (nSPS) is 13.6. The summed E-state index contributed by atoms with van der Waals surface area (Å²) < 4.78 is 12.5. The molecule has 1 aliphatic heterocycles. The number of fused-ring (bicyclic) bond motifs is 1. The van der Waals surface area contributed by atoms with Gasteiger partial charge < -0.3 is 24.3 Å². The molecule has 1 N–H and O–H groups in total. The van der Waals surface area contributed by atoms with Gasteiger partial charge in [0.25, 0.3) is 0 Å². The third-order valence-electron chi connectivity index (χ3n) is 3.95. The zero-order valence-corrected chi connectivity index (χ0v) is 14.0. The first-order valence-corrected chi connectivity index (χ1v) is 7.86. The van der Waals surface area contributed by atoms with E-state index in [9.17, 15) is 4.79 Å². The molecular formula is C16H21N5O3. The molecule has 1 atom stereocenters. The lowest BCUT2D eigenvalue weighted by Gasteiger charge is -2.24. The standard InChI is InChI=1S/C16H21N5O3/c1-4-21(8-12-5-6-13-14(7-12)24-10-23-13)16(22)18-11(2)15-19-17-9-20(15)3/h5-7,9,11H,4,8,10H2,1-3H3,(H,18,22)/t11-/m1/s1. The van der Waals surface area contributed by atoms with Crippen molar-refractivity contribution in [1.29, 1.82) is 0 Å². The first-order chi connectivity index (χ1) is 11.6. The lowest BCUT2D eigenvalue weighted by Crippen LogP contribution is -2.41. The minimum Gasteiger partial charge on any atom is -0.454 e. The molecule has 0 fully saturated rings. The average molecular weight is 331 g/mol. The van der Waals surface area contributed by atoms with Crippen LogP contribution in [-0.4, -0.2) is 39.0 Å². The minimum atomic E-state index is -0.226. The second-order valence-corrected chi connectivity index (χ2v) is 5.67. The third kappa shape index (κ3) is 3.27. The Morgan fingerprint density at radius 3 is 2.92 bits per heavy atom. The van der Waals surface area contributed by atoms with Crippen LogP contribution in [0.2, 0.25) is 0 Å². The van der Waals surface area contributed by atoms with E-state index < -0.39 is 0 Å². The number of urea groups is 1. The largest absolute Gasteiger partial charge is 0.454 e. The molecule has 128 valence electrons. The van der Waals surface area contributed by atoms with Crippen LogP contribution in [-0.2, 0) is 13.6 Å². The molecule has 2 amide bonds. The van der Waals surface area contributed by atoms with Crippen molar-refractivity contribution in [2.45, 2.75) is 26.4 Å². The molecule has 1 aromatic carbocycles. The molecule has 0 saturated carbocycles.